The molecule has 2 aliphatic rings. The van der Waals surface area contributed by atoms with Crippen LogP contribution in [0.5, 0.6) is 5.75 Å². The van der Waals surface area contributed by atoms with Gasteiger partial charge in [0.15, 0.2) is 0 Å². The molecule has 3 rings (SSSR count). The summed E-state index contributed by atoms with van der Waals surface area (Å²) in [6.07, 6.45) is 6.31. The molecule has 0 saturated heterocycles. The highest BCUT2D eigenvalue weighted by Gasteiger charge is 2.45. The molecular formula is C18H27NO. The van der Waals surface area contributed by atoms with Crippen LogP contribution in [0, 0.1) is 12.8 Å². The highest BCUT2D eigenvalue weighted by Crippen LogP contribution is 2.48. The maximum absolute atomic E-state index is 6.56. The molecule has 0 bridgehead atoms. The van der Waals surface area contributed by atoms with Crippen molar-refractivity contribution in [2.24, 2.45) is 5.92 Å². The molecule has 2 heteroatoms. The third-order valence-electron chi connectivity index (χ3n) is 5.24. The van der Waals surface area contributed by atoms with Crippen LogP contribution in [-0.4, -0.2) is 12.1 Å². The summed E-state index contributed by atoms with van der Waals surface area (Å²) in [4.78, 5) is 0. The first-order valence-corrected chi connectivity index (χ1v) is 8.17. The Hall–Kier alpha value is -1.02. The Labute approximate surface area is 122 Å². The van der Waals surface area contributed by atoms with Crippen LogP contribution in [0.25, 0.3) is 0 Å². The Morgan fingerprint density at radius 2 is 2.20 bits per heavy atom. The second kappa shape index (κ2) is 5.40. The van der Waals surface area contributed by atoms with Crippen LogP contribution in [0.4, 0.5) is 0 Å². The van der Waals surface area contributed by atoms with Gasteiger partial charge in [0.2, 0.25) is 0 Å². The van der Waals surface area contributed by atoms with Gasteiger partial charge in [-0.2, -0.15) is 0 Å². The van der Waals surface area contributed by atoms with Gasteiger partial charge in [0, 0.05) is 18.0 Å². The fraction of sp³-hybridized carbons (Fsp3) is 0.667. The fourth-order valence-corrected chi connectivity index (χ4v) is 4.02. The van der Waals surface area contributed by atoms with Gasteiger partial charge in [-0.3, -0.25) is 0 Å². The lowest BCUT2D eigenvalue weighted by Crippen LogP contribution is -2.50. The molecule has 0 aromatic heterocycles. The van der Waals surface area contributed by atoms with Gasteiger partial charge in [-0.1, -0.05) is 38.0 Å². The quantitative estimate of drug-likeness (QED) is 0.863. The van der Waals surface area contributed by atoms with Crippen molar-refractivity contribution in [1.82, 2.24) is 5.32 Å². The number of rotatable bonds is 2. The number of hydrogen-bond donors (Lipinski definition) is 1. The zero-order chi connectivity index (χ0) is 14.2. The maximum Gasteiger partial charge on any atom is 0.124 e. The molecule has 1 spiro atoms. The summed E-state index contributed by atoms with van der Waals surface area (Å²) in [7, 11) is 0. The molecule has 1 saturated carbocycles. The van der Waals surface area contributed by atoms with E-state index in [2.05, 4.69) is 44.3 Å². The predicted octanol–water partition coefficient (Wildman–Crippen LogP) is 4.38. The minimum atomic E-state index is 0.0628. The Kier molecular flexibility index (Phi) is 3.76. The van der Waals surface area contributed by atoms with Crippen LogP contribution in [0.1, 0.15) is 63.1 Å². The summed E-state index contributed by atoms with van der Waals surface area (Å²) in [5, 5.41) is 3.68. The summed E-state index contributed by atoms with van der Waals surface area (Å²) < 4.78 is 6.56. The van der Waals surface area contributed by atoms with E-state index in [-0.39, 0.29) is 5.60 Å². The number of fused-ring (bicyclic) bond motifs is 1. The Morgan fingerprint density at radius 1 is 1.35 bits per heavy atom. The van der Waals surface area contributed by atoms with Gasteiger partial charge in [0.05, 0.1) is 0 Å². The molecule has 1 aromatic rings. The normalized spacial score (nSPS) is 32.8. The molecule has 1 fully saturated rings. The summed E-state index contributed by atoms with van der Waals surface area (Å²) in [6.45, 7) is 7.75. The number of aryl methyl sites for hydroxylation is 1. The van der Waals surface area contributed by atoms with Gasteiger partial charge < -0.3 is 10.1 Å². The third-order valence-corrected chi connectivity index (χ3v) is 5.24. The summed E-state index contributed by atoms with van der Waals surface area (Å²) in [6, 6.07) is 7.10. The third kappa shape index (κ3) is 2.35. The van der Waals surface area contributed by atoms with Crippen LogP contribution in [-0.2, 0) is 0 Å². The van der Waals surface area contributed by atoms with Gasteiger partial charge in [-0.15, -0.1) is 0 Å². The SMILES string of the molecule is CCNC1CC2(CCCCC2C)Oc2ccc(C)cc21. The van der Waals surface area contributed by atoms with Crippen LogP contribution >= 0.6 is 0 Å². The molecule has 1 aromatic carbocycles. The average molecular weight is 273 g/mol. The van der Waals surface area contributed by atoms with E-state index < -0.39 is 0 Å². The molecule has 3 unspecified atom stereocenters. The van der Waals surface area contributed by atoms with Gasteiger partial charge in [-0.25, -0.2) is 0 Å². The standard InChI is InChI=1S/C18H27NO/c1-4-19-16-12-18(10-6-5-7-14(18)3)20-17-9-8-13(2)11-15(16)17/h8-9,11,14,16,19H,4-7,10,12H2,1-3H3. The zero-order valence-electron chi connectivity index (χ0n) is 13.0. The van der Waals surface area contributed by atoms with Crippen molar-refractivity contribution in [3.8, 4) is 5.75 Å². The topological polar surface area (TPSA) is 21.3 Å². The number of ether oxygens (including phenoxy) is 1. The molecule has 0 amide bonds. The van der Waals surface area contributed by atoms with E-state index in [0.29, 0.717) is 12.0 Å². The van der Waals surface area contributed by atoms with E-state index in [9.17, 15) is 0 Å². The molecule has 20 heavy (non-hydrogen) atoms. The molecule has 0 radical (unpaired) electrons. The first-order valence-electron chi connectivity index (χ1n) is 8.17. The summed E-state index contributed by atoms with van der Waals surface area (Å²) in [5.41, 5.74) is 2.74. The Balaban J connectivity index is 1.98. The van der Waals surface area contributed by atoms with E-state index in [1.165, 1.54) is 36.8 Å². The van der Waals surface area contributed by atoms with E-state index in [1.807, 2.05) is 0 Å². The van der Waals surface area contributed by atoms with Crippen molar-refractivity contribution >= 4 is 0 Å². The molecular weight excluding hydrogens is 246 g/mol. The van der Waals surface area contributed by atoms with Crippen molar-refractivity contribution in [3.63, 3.8) is 0 Å². The van der Waals surface area contributed by atoms with E-state index in [1.54, 1.807) is 0 Å². The monoisotopic (exact) mass is 273 g/mol. The van der Waals surface area contributed by atoms with Crippen molar-refractivity contribution < 1.29 is 4.74 Å². The van der Waals surface area contributed by atoms with Gasteiger partial charge >= 0.3 is 0 Å². The van der Waals surface area contributed by atoms with Gasteiger partial charge in [-0.05, 0) is 44.7 Å². The van der Waals surface area contributed by atoms with Crippen molar-refractivity contribution in [2.45, 2.75) is 64.5 Å². The lowest BCUT2D eigenvalue weighted by atomic mass is 9.70. The first kappa shape index (κ1) is 13.9. The van der Waals surface area contributed by atoms with Crippen molar-refractivity contribution in [3.05, 3.63) is 29.3 Å². The second-order valence-electron chi connectivity index (χ2n) is 6.67. The molecule has 2 nitrogen and oxygen atoms in total. The van der Waals surface area contributed by atoms with Gasteiger partial charge in [0.1, 0.15) is 11.4 Å². The molecule has 3 atom stereocenters. The highest BCUT2D eigenvalue weighted by molar-refractivity contribution is 5.42. The van der Waals surface area contributed by atoms with E-state index in [0.717, 1.165) is 18.7 Å². The minimum absolute atomic E-state index is 0.0628. The van der Waals surface area contributed by atoms with Crippen molar-refractivity contribution in [2.75, 3.05) is 6.54 Å². The van der Waals surface area contributed by atoms with Crippen molar-refractivity contribution in [1.29, 1.82) is 0 Å². The maximum atomic E-state index is 6.56. The molecule has 1 aliphatic carbocycles. The Bertz CT molecular complexity index is 484. The molecule has 1 heterocycles. The zero-order valence-corrected chi connectivity index (χ0v) is 13.0. The smallest absolute Gasteiger partial charge is 0.124 e. The summed E-state index contributed by atoms with van der Waals surface area (Å²) >= 11 is 0. The van der Waals surface area contributed by atoms with E-state index >= 15 is 0 Å². The molecule has 1 N–H and O–H groups in total. The average Bonchev–Trinajstić information content (AvgIpc) is 2.44. The lowest BCUT2D eigenvalue weighted by molar-refractivity contribution is -0.0442. The minimum Gasteiger partial charge on any atom is -0.487 e. The summed E-state index contributed by atoms with van der Waals surface area (Å²) in [5.74, 6) is 1.77. The molecule has 1 aliphatic heterocycles. The fourth-order valence-electron chi connectivity index (χ4n) is 4.02. The number of benzene rings is 1. The molecule has 110 valence electrons. The van der Waals surface area contributed by atoms with Gasteiger partial charge in [0.25, 0.3) is 0 Å². The number of hydrogen-bond acceptors (Lipinski definition) is 2. The van der Waals surface area contributed by atoms with Crippen LogP contribution in [0.15, 0.2) is 18.2 Å². The van der Waals surface area contributed by atoms with Crippen LogP contribution in [0.3, 0.4) is 0 Å². The van der Waals surface area contributed by atoms with Crippen LogP contribution < -0.4 is 10.1 Å². The predicted molar refractivity (Wildman–Crippen MR) is 83.2 cm³/mol. The lowest BCUT2D eigenvalue weighted by Gasteiger charge is -2.48. The largest absolute Gasteiger partial charge is 0.487 e. The second-order valence-corrected chi connectivity index (χ2v) is 6.67. The van der Waals surface area contributed by atoms with E-state index in [4.69, 9.17) is 4.74 Å². The number of nitrogens with one attached hydrogen (secondary N) is 1. The van der Waals surface area contributed by atoms with Crippen LogP contribution in [0.2, 0.25) is 0 Å². The Morgan fingerprint density at radius 3 is 2.95 bits per heavy atom. The highest BCUT2D eigenvalue weighted by atomic mass is 16.5. The first-order chi connectivity index (χ1) is 9.64.